The maximum atomic E-state index is 13.2. The molecule has 2 heterocycles. The SMILES string of the molecule is COCCN1[C@@H]2CCCC[C@@]2(C(=O)NCc2ccc(C)o2)CCS1(=O)=O. The molecule has 1 saturated heterocycles. The van der Waals surface area contributed by atoms with Crippen molar-refractivity contribution >= 4 is 15.9 Å². The monoisotopic (exact) mass is 384 g/mol. The van der Waals surface area contributed by atoms with E-state index in [-0.39, 0.29) is 17.7 Å². The van der Waals surface area contributed by atoms with E-state index < -0.39 is 15.4 Å². The molecule has 0 radical (unpaired) electrons. The van der Waals surface area contributed by atoms with E-state index >= 15 is 0 Å². The molecule has 2 aliphatic rings. The van der Waals surface area contributed by atoms with Gasteiger partial charge in [-0.3, -0.25) is 4.79 Å². The lowest BCUT2D eigenvalue weighted by atomic mass is 9.67. The summed E-state index contributed by atoms with van der Waals surface area (Å²) in [5.74, 6) is 1.46. The first-order valence-electron chi connectivity index (χ1n) is 9.21. The van der Waals surface area contributed by atoms with E-state index in [1.807, 2.05) is 19.1 Å². The van der Waals surface area contributed by atoms with E-state index in [2.05, 4.69) is 5.32 Å². The maximum Gasteiger partial charge on any atom is 0.228 e. The predicted molar refractivity (Wildman–Crippen MR) is 97.0 cm³/mol. The second kappa shape index (κ2) is 7.70. The zero-order valence-corrected chi connectivity index (χ0v) is 16.3. The molecule has 7 nitrogen and oxygen atoms in total. The lowest BCUT2D eigenvalue weighted by Gasteiger charge is -2.50. The van der Waals surface area contributed by atoms with Crippen LogP contribution in [0.3, 0.4) is 0 Å². The van der Waals surface area contributed by atoms with Crippen molar-refractivity contribution in [3.05, 3.63) is 23.7 Å². The summed E-state index contributed by atoms with van der Waals surface area (Å²) in [6.45, 7) is 2.82. The van der Waals surface area contributed by atoms with Crippen LogP contribution < -0.4 is 5.32 Å². The highest BCUT2D eigenvalue weighted by molar-refractivity contribution is 7.89. The van der Waals surface area contributed by atoms with Gasteiger partial charge >= 0.3 is 0 Å². The van der Waals surface area contributed by atoms with Crippen molar-refractivity contribution < 1.29 is 22.4 Å². The smallest absolute Gasteiger partial charge is 0.228 e. The summed E-state index contributed by atoms with van der Waals surface area (Å²) in [4.78, 5) is 13.2. The van der Waals surface area contributed by atoms with E-state index in [0.717, 1.165) is 31.4 Å². The van der Waals surface area contributed by atoms with Crippen LogP contribution in [0.2, 0.25) is 0 Å². The average molecular weight is 384 g/mol. The fraction of sp³-hybridized carbons (Fsp3) is 0.722. The Morgan fingerprint density at radius 1 is 1.38 bits per heavy atom. The zero-order valence-electron chi connectivity index (χ0n) is 15.5. The van der Waals surface area contributed by atoms with Crippen LogP contribution in [-0.4, -0.2) is 50.7 Å². The maximum absolute atomic E-state index is 13.2. The number of rotatable bonds is 6. The molecule has 3 rings (SSSR count). The first-order valence-corrected chi connectivity index (χ1v) is 10.8. The third-order valence-electron chi connectivity index (χ3n) is 5.69. The number of amides is 1. The molecule has 0 bridgehead atoms. The van der Waals surface area contributed by atoms with Crippen LogP contribution >= 0.6 is 0 Å². The number of carbonyl (C=O) groups excluding carboxylic acids is 1. The zero-order chi connectivity index (χ0) is 18.8. The number of furan rings is 1. The van der Waals surface area contributed by atoms with Crippen LogP contribution in [0.25, 0.3) is 0 Å². The standard InChI is InChI=1S/C18H28N2O5S/c1-14-6-7-15(25-14)13-19-17(21)18-8-4-3-5-16(18)20(10-11-24-2)26(22,23)12-9-18/h6-7,16H,3-5,8-13H2,1-2H3,(H,19,21)/t16-,18-/m1/s1. The van der Waals surface area contributed by atoms with Gasteiger partial charge in [0.2, 0.25) is 15.9 Å². The Labute approximate surface area is 155 Å². The molecule has 8 heteroatoms. The average Bonchev–Trinajstić information content (AvgIpc) is 3.04. The molecule has 0 unspecified atom stereocenters. The third-order valence-corrected chi connectivity index (χ3v) is 7.56. The molecule has 1 aromatic rings. The molecular weight excluding hydrogens is 356 g/mol. The van der Waals surface area contributed by atoms with Crippen LogP contribution in [0.15, 0.2) is 16.5 Å². The minimum absolute atomic E-state index is 0.0144. The summed E-state index contributed by atoms with van der Waals surface area (Å²) in [5, 5.41) is 2.99. The molecule has 26 heavy (non-hydrogen) atoms. The molecule has 1 saturated carbocycles. The van der Waals surface area contributed by atoms with Gasteiger partial charge in [0.25, 0.3) is 0 Å². The lowest BCUT2D eigenvalue weighted by molar-refractivity contribution is -0.138. The van der Waals surface area contributed by atoms with Crippen molar-refractivity contribution in [1.29, 1.82) is 0 Å². The molecule has 1 amide bonds. The van der Waals surface area contributed by atoms with Gasteiger partial charge in [-0.15, -0.1) is 0 Å². The van der Waals surface area contributed by atoms with Crippen LogP contribution in [0.1, 0.15) is 43.6 Å². The Kier molecular flexibility index (Phi) is 5.74. The lowest BCUT2D eigenvalue weighted by Crippen LogP contribution is -2.63. The van der Waals surface area contributed by atoms with Gasteiger partial charge in [-0.2, -0.15) is 4.31 Å². The molecule has 1 N–H and O–H groups in total. The molecule has 1 aliphatic carbocycles. The largest absolute Gasteiger partial charge is 0.465 e. The van der Waals surface area contributed by atoms with Crippen LogP contribution in [0.5, 0.6) is 0 Å². The molecule has 0 aromatic carbocycles. The molecule has 2 fully saturated rings. The van der Waals surface area contributed by atoms with E-state index in [1.165, 1.54) is 4.31 Å². The molecule has 0 spiro atoms. The van der Waals surface area contributed by atoms with Crippen molar-refractivity contribution in [2.45, 2.75) is 51.6 Å². The second-order valence-corrected chi connectivity index (χ2v) is 9.32. The van der Waals surface area contributed by atoms with Crippen LogP contribution in [0.4, 0.5) is 0 Å². The number of methoxy groups -OCH3 is 1. The number of hydrogen-bond acceptors (Lipinski definition) is 5. The number of fused-ring (bicyclic) bond motifs is 1. The number of aryl methyl sites for hydroxylation is 1. The van der Waals surface area contributed by atoms with E-state index in [9.17, 15) is 13.2 Å². The van der Waals surface area contributed by atoms with E-state index in [4.69, 9.17) is 9.15 Å². The van der Waals surface area contributed by atoms with Gasteiger partial charge in [0.05, 0.1) is 24.3 Å². The first kappa shape index (κ1) is 19.4. The molecular formula is C18H28N2O5S. The fourth-order valence-corrected chi connectivity index (χ4v) is 6.24. The van der Waals surface area contributed by atoms with Gasteiger partial charge in [-0.05, 0) is 38.3 Å². The van der Waals surface area contributed by atoms with Crippen LogP contribution in [0, 0.1) is 12.3 Å². The fourth-order valence-electron chi connectivity index (χ4n) is 4.33. The van der Waals surface area contributed by atoms with Crippen LogP contribution in [-0.2, 0) is 26.1 Å². The van der Waals surface area contributed by atoms with E-state index in [0.29, 0.717) is 31.9 Å². The highest BCUT2D eigenvalue weighted by atomic mass is 32.2. The normalized spacial score (nSPS) is 28.5. The number of carbonyl (C=O) groups is 1. The summed E-state index contributed by atoms with van der Waals surface area (Å²) in [5.41, 5.74) is -0.654. The van der Waals surface area contributed by atoms with Gasteiger partial charge in [0, 0.05) is 19.7 Å². The Morgan fingerprint density at radius 3 is 2.88 bits per heavy atom. The van der Waals surface area contributed by atoms with Crippen molar-refractivity contribution in [3.63, 3.8) is 0 Å². The predicted octanol–water partition coefficient (Wildman–Crippen LogP) is 1.82. The Balaban J connectivity index is 1.80. The van der Waals surface area contributed by atoms with Crippen molar-refractivity contribution in [1.82, 2.24) is 9.62 Å². The Hall–Kier alpha value is -1.38. The van der Waals surface area contributed by atoms with Crippen molar-refractivity contribution in [2.75, 3.05) is 26.0 Å². The minimum Gasteiger partial charge on any atom is -0.465 e. The number of nitrogens with one attached hydrogen (secondary N) is 1. The number of nitrogens with zero attached hydrogens (tertiary/aromatic N) is 1. The minimum atomic E-state index is -3.35. The van der Waals surface area contributed by atoms with Gasteiger partial charge in [0.1, 0.15) is 11.5 Å². The Morgan fingerprint density at radius 2 is 2.19 bits per heavy atom. The van der Waals surface area contributed by atoms with E-state index in [1.54, 1.807) is 7.11 Å². The molecule has 1 aromatic heterocycles. The summed E-state index contributed by atoms with van der Waals surface area (Å²) in [6, 6.07) is 3.42. The molecule has 1 aliphatic heterocycles. The van der Waals surface area contributed by atoms with Gasteiger partial charge < -0.3 is 14.5 Å². The van der Waals surface area contributed by atoms with Crippen molar-refractivity contribution in [2.24, 2.45) is 5.41 Å². The van der Waals surface area contributed by atoms with Crippen molar-refractivity contribution in [3.8, 4) is 0 Å². The summed E-state index contributed by atoms with van der Waals surface area (Å²) in [7, 11) is -1.79. The highest BCUT2D eigenvalue weighted by Gasteiger charge is 2.55. The highest BCUT2D eigenvalue weighted by Crippen LogP contribution is 2.46. The number of hydrogen-bond donors (Lipinski definition) is 1. The topological polar surface area (TPSA) is 88.8 Å². The first-order chi connectivity index (χ1) is 12.4. The molecule has 2 atom stereocenters. The number of ether oxygens (including phenoxy) is 1. The Bertz CT molecular complexity index is 745. The second-order valence-electron chi connectivity index (χ2n) is 7.28. The quantitative estimate of drug-likeness (QED) is 0.808. The molecule has 146 valence electrons. The van der Waals surface area contributed by atoms with Gasteiger partial charge in [-0.1, -0.05) is 12.8 Å². The number of sulfonamides is 1. The summed E-state index contributed by atoms with van der Waals surface area (Å²) in [6.07, 6.45) is 3.71. The summed E-state index contributed by atoms with van der Waals surface area (Å²) < 4.78 is 37.4. The third kappa shape index (κ3) is 3.68. The van der Waals surface area contributed by atoms with Gasteiger partial charge in [0.15, 0.2) is 0 Å². The summed E-state index contributed by atoms with van der Waals surface area (Å²) >= 11 is 0. The van der Waals surface area contributed by atoms with Gasteiger partial charge in [-0.25, -0.2) is 8.42 Å².